The Morgan fingerprint density at radius 2 is 2.20 bits per heavy atom. The second-order valence-electron chi connectivity index (χ2n) is 3.00. The third-order valence-corrected chi connectivity index (χ3v) is 2.22. The summed E-state index contributed by atoms with van der Waals surface area (Å²) in [5.74, 6) is 0. The zero-order chi connectivity index (χ0) is 11.4. The zero-order valence-corrected chi connectivity index (χ0v) is 9.50. The molecule has 5 heteroatoms. The SMILES string of the molecule is CC(Cl)C=Cc1cc([N+](=O)[O-])ccc1Cl. The average Bonchev–Trinajstić information content (AvgIpc) is 2.16. The molecule has 0 bridgehead atoms. The van der Waals surface area contributed by atoms with Crippen molar-refractivity contribution < 1.29 is 4.92 Å². The predicted molar refractivity (Wildman–Crippen MR) is 62.5 cm³/mol. The number of benzene rings is 1. The Hall–Kier alpha value is -1.06. The minimum absolute atomic E-state index is 0.0151. The van der Waals surface area contributed by atoms with Crippen molar-refractivity contribution in [2.75, 3.05) is 0 Å². The van der Waals surface area contributed by atoms with E-state index in [1.165, 1.54) is 18.2 Å². The fourth-order valence-corrected chi connectivity index (χ4v) is 1.26. The molecule has 0 N–H and O–H groups in total. The maximum Gasteiger partial charge on any atom is 0.270 e. The lowest BCUT2D eigenvalue weighted by Gasteiger charge is -1.98. The highest BCUT2D eigenvalue weighted by Gasteiger charge is 2.07. The average molecular weight is 246 g/mol. The van der Waals surface area contributed by atoms with Crippen molar-refractivity contribution in [2.45, 2.75) is 12.3 Å². The van der Waals surface area contributed by atoms with Gasteiger partial charge in [-0.1, -0.05) is 23.8 Å². The molecule has 1 unspecified atom stereocenters. The highest BCUT2D eigenvalue weighted by Crippen LogP contribution is 2.23. The Balaban J connectivity index is 3.05. The molecule has 0 spiro atoms. The Bertz CT molecular complexity index is 402. The summed E-state index contributed by atoms with van der Waals surface area (Å²) in [6.07, 6.45) is 3.39. The van der Waals surface area contributed by atoms with E-state index in [-0.39, 0.29) is 11.1 Å². The van der Waals surface area contributed by atoms with Gasteiger partial charge in [-0.3, -0.25) is 10.1 Å². The van der Waals surface area contributed by atoms with E-state index in [4.69, 9.17) is 23.2 Å². The topological polar surface area (TPSA) is 43.1 Å². The molecule has 0 aliphatic rings. The van der Waals surface area contributed by atoms with Gasteiger partial charge in [-0.25, -0.2) is 0 Å². The molecule has 0 heterocycles. The molecule has 1 rings (SSSR count). The lowest BCUT2D eigenvalue weighted by Crippen LogP contribution is -1.89. The number of hydrogen-bond acceptors (Lipinski definition) is 2. The van der Waals surface area contributed by atoms with E-state index in [2.05, 4.69) is 0 Å². The summed E-state index contributed by atoms with van der Waals surface area (Å²) >= 11 is 11.6. The molecule has 15 heavy (non-hydrogen) atoms. The Labute approximate surface area is 97.5 Å². The molecule has 0 amide bonds. The molecule has 1 aromatic rings. The lowest BCUT2D eigenvalue weighted by molar-refractivity contribution is -0.384. The summed E-state index contributed by atoms with van der Waals surface area (Å²) in [6.45, 7) is 1.79. The van der Waals surface area contributed by atoms with E-state index in [1.54, 1.807) is 19.1 Å². The fraction of sp³-hybridized carbons (Fsp3) is 0.200. The monoisotopic (exact) mass is 245 g/mol. The van der Waals surface area contributed by atoms with E-state index in [0.29, 0.717) is 10.6 Å². The molecular formula is C10H9Cl2NO2. The Kier molecular flexibility index (Phi) is 4.12. The van der Waals surface area contributed by atoms with Gasteiger partial charge in [0.15, 0.2) is 0 Å². The van der Waals surface area contributed by atoms with Gasteiger partial charge >= 0.3 is 0 Å². The number of halogens is 2. The van der Waals surface area contributed by atoms with Crippen molar-refractivity contribution in [3.8, 4) is 0 Å². The first-order chi connectivity index (χ1) is 7.00. The highest BCUT2D eigenvalue weighted by atomic mass is 35.5. The number of rotatable bonds is 3. The van der Waals surface area contributed by atoms with Gasteiger partial charge in [0.1, 0.15) is 0 Å². The maximum atomic E-state index is 10.5. The summed E-state index contributed by atoms with van der Waals surface area (Å²) < 4.78 is 0. The number of hydrogen-bond donors (Lipinski definition) is 0. The van der Waals surface area contributed by atoms with Crippen molar-refractivity contribution in [1.82, 2.24) is 0 Å². The third kappa shape index (κ3) is 3.53. The third-order valence-electron chi connectivity index (χ3n) is 1.73. The smallest absolute Gasteiger partial charge is 0.258 e. The molecule has 0 radical (unpaired) electrons. The zero-order valence-electron chi connectivity index (χ0n) is 7.98. The fourth-order valence-electron chi connectivity index (χ4n) is 1.01. The molecule has 1 atom stereocenters. The van der Waals surface area contributed by atoms with Crippen LogP contribution in [-0.4, -0.2) is 10.3 Å². The van der Waals surface area contributed by atoms with Crippen LogP contribution in [-0.2, 0) is 0 Å². The van der Waals surface area contributed by atoms with E-state index in [9.17, 15) is 10.1 Å². The molecule has 0 fully saturated rings. The van der Waals surface area contributed by atoms with Gasteiger partial charge in [0.25, 0.3) is 5.69 Å². The molecule has 0 aliphatic heterocycles. The normalized spacial score (nSPS) is 13.0. The van der Waals surface area contributed by atoms with Crippen molar-refractivity contribution in [3.63, 3.8) is 0 Å². The van der Waals surface area contributed by atoms with Gasteiger partial charge < -0.3 is 0 Å². The Morgan fingerprint density at radius 1 is 1.53 bits per heavy atom. The summed E-state index contributed by atoms with van der Waals surface area (Å²) in [7, 11) is 0. The summed E-state index contributed by atoms with van der Waals surface area (Å²) in [5, 5.41) is 10.8. The molecule has 1 aromatic carbocycles. The van der Waals surface area contributed by atoms with E-state index < -0.39 is 4.92 Å². The minimum atomic E-state index is -0.461. The van der Waals surface area contributed by atoms with Crippen LogP contribution in [0.1, 0.15) is 12.5 Å². The van der Waals surface area contributed by atoms with Crippen LogP contribution in [0.5, 0.6) is 0 Å². The van der Waals surface area contributed by atoms with Gasteiger partial charge in [0, 0.05) is 22.5 Å². The second-order valence-corrected chi connectivity index (χ2v) is 4.10. The first kappa shape index (κ1) is 12.0. The van der Waals surface area contributed by atoms with Gasteiger partial charge in [0.05, 0.1) is 4.92 Å². The first-order valence-electron chi connectivity index (χ1n) is 4.27. The van der Waals surface area contributed by atoms with Crippen LogP contribution in [0.25, 0.3) is 6.08 Å². The number of nitrogens with zero attached hydrogens (tertiary/aromatic N) is 1. The van der Waals surface area contributed by atoms with E-state index >= 15 is 0 Å². The first-order valence-corrected chi connectivity index (χ1v) is 5.08. The highest BCUT2D eigenvalue weighted by molar-refractivity contribution is 6.32. The lowest BCUT2D eigenvalue weighted by atomic mass is 10.2. The minimum Gasteiger partial charge on any atom is -0.258 e. The predicted octanol–water partition coefficient (Wildman–Crippen LogP) is 3.89. The largest absolute Gasteiger partial charge is 0.270 e. The van der Waals surface area contributed by atoms with Gasteiger partial charge in [-0.15, -0.1) is 11.6 Å². The molecular weight excluding hydrogens is 237 g/mol. The number of alkyl halides is 1. The van der Waals surface area contributed by atoms with Crippen LogP contribution in [0.15, 0.2) is 24.3 Å². The van der Waals surface area contributed by atoms with Crippen molar-refractivity contribution in [1.29, 1.82) is 0 Å². The summed E-state index contributed by atoms with van der Waals surface area (Å²) in [6, 6.07) is 4.28. The van der Waals surface area contributed by atoms with E-state index in [1.807, 2.05) is 0 Å². The number of non-ortho nitro benzene ring substituents is 1. The molecule has 0 saturated carbocycles. The van der Waals surface area contributed by atoms with Gasteiger partial charge in [-0.2, -0.15) is 0 Å². The van der Waals surface area contributed by atoms with E-state index in [0.717, 1.165) is 0 Å². The van der Waals surface area contributed by atoms with Crippen LogP contribution < -0.4 is 0 Å². The molecule has 0 aromatic heterocycles. The van der Waals surface area contributed by atoms with Gasteiger partial charge in [0.2, 0.25) is 0 Å². The van der Waals surface area contributed by atoms with Crippen LogP contribution in [0.3, 0.4) is 0 Å². The maximum absolute atomic E-state index is 10.5. The van der Waals surface area contributed by atoms with Crippen molar-refractivity contribution in [2.24, 2.45) is 0 Å². The molecule has 80 valence electrons. The quantitative estimate of drug-likeness (QED) is 0.461. The van der Waals surface area contributed by atoms with Crippen LogP contribution in [0, 0.1) is 10.1 Å². The van der Waals surface area contributed by atoms with Crippen LogP contribution in [0.2, 0.25) is 5.02 Å². The Morgan fingerprint density at radius 3 is 2.73 bits per heavy atom. The van der Waals surface area contributed by atoms with Crippen LogP contribution >= 0.6 is 23.2 Å². The van der Waals surface area contributed by atoms with Crippen LogP contribution in [0.4, 0.5) is 5.69 Å². The number of nitro benzene ring substituents is 1. The number of nitro groups is 1. The second kappa shape index (κ2) is 5.14. The summed E-state index contributed by atoms with van der Waals surface area (Å²) in [4.78, 5) is 10.1. The molecule has 3 nitrogen and oxygen atoms in total. The molecule has 0 aliphatic carbocycles. The van der Waals surface area contributed by atoms with Gasteiger partial charge in [-0.05, 0) is 18.6 Å². The van der Waals surface area contributed by atoms with Crippen molar-refractivity contribution in [3.05, 3.63) is 45.0 Å². The number of allylic oxidation sites excluding steroid dienone is 1. The summed E-state index contributed by atoms with van der Waals surface area (Å²) in [5.41, 5.74) is 0.611. The molecule has 0 saturated heterocycles. The standard InChI is InChI=1S/C10H9Cl2NO2/c1-7(11)2-3-8-6-9(13(14)15)4-5-10(8)12/h2-7H,1H3. The van der Waals surface area contributed by atoms with Crippen molar-refractivity contribution >= 4 is 35.0 Å².